The molecule has 1 aliphatic carbocycles. The quantitative estimate of drug-likeness (QED) is 0.177. The highest BCUT2D eigenvalue weighted by Crippen LogP contribution is 2.51. The highest BCUT2D eigenvalue weighted by Gasteiger charge is 2.38. The van der Waals surface area contributed by atoms with Crippen LogP contribution < -0.4 is 0 Å². The van der Waals surface area contributed by atoms with Crippen LogP contribution in [0.2, 0.25) is 0 Å². The van der Waals surface area contributed by atoms with E-state index in [1.807, 2.05) is 48.6 Å². The van der Waals surface area contributed by atoms with Crippen molar-refractivity contribution in [1.29, 1.82) is 0 Å². The first kappa shape index (κ1) is 28.1. The molecule has 0 saturated carbocycles. The van der Waals surface area contributed by atoms with Crippen LogP contribution in [0.4, 0.5) is 0 Å². The van der Waals surface area contributed by atoms with E-state index < -0.39 is 0 Å². The van der Waals surface area contributed by atoms with Gasteiger partial charge in [-0.25, -0.2) is 15.0 Å². The van der Waals surface area contributed by atoms with Crippen LogP contribution in [0.3, 0.4) is 0 Å². The number of nitrogens with zero attached hydrogens (tertiary/aromatic N) is 3. The Morgan fingerprint density at radius 2 is 1.13 bits per heavy atom. The minimum Gasteiger partial charge on any atom is -0.208 e. The van der Waals surface area contributed by atoms with E-state index in [1.165, 1.54) is 22.3 Å². The molecule has 0 amide bonds. The summed E-state index contributed by atoms with van der Waals surface area (Å²) in [5.74, 6) is 1.92. The molecule has 0 N–H and O–H groups in total. The van der Waals surface area contributed by atoms with Gasteiger partial charge in [0.05, 0.1) is 0 Å². The van der Waals surface area contributed by atoms with Crippen LogP contribution in [0, 0.1) is 0 Å². The SMILES string of the molecule is C=C/C=C(\C=C)c1cc(-c2ccccc2)cc(-c2nc(-c3ccccc3)nc(-c3cccc4c3C(C)(C)c3ccccc3-4)n2)c1. The molecule has 0 spiro atoms. The fraction of sp³-hybridized carbons (Fsp3) is 0.0714. The summed E-state index contributed by atoms with van der Waals surface area (Å²) in [5.41, 5.74) is 11.9. The van der Waals surface area contributed by atoms with Crippen LogP contribution in [0.1, 0.15) is 30.5 Å². The van der Waals surface area contributed by atoms with Crippen molar-refractivity contribution < 1.29 is 0 Å². The van der Waals surface area contributed by atoms with Gasteiger partial charge in [-0.3, -0.25) is 0 Å². The molecular weight excluding hydrogens is 546 g/mol. The smallest absolute Gasteiger partial charge is 0.164 e. The van der Waals surface area contributed by atoms with Gasteiger partial charge >= 0.3 is 0 Å². The highest BCUT2D eigenvalue weighted by molar-refractivity contribution is 5.88. The Balaban J connectivity index is 1.49. The maximum atomic E-state index is 5.22. The van der Waals surface area contributed by atoms with E-state index in [0.29, 0.717) is 17.5 Å². The molecule has 0 aliphatic heterocycles. The van der Waals surface area contributed by atoms with Gasteiger partial charge < -0.3 is 0 Å². The van der Waals surface area contributed by atoms with Crippen LogP contribution >= 0.6 is 0 Å². The lowest BCUT2D eigenvalue weighted by atomic mass is 9.80. The van der Waals surface area contributed by atoms with Gasteiger partial charge in [0.25, 0.3) is 0 Å². The number of hydrogen-bond donors (Lipinski definition) is 0. The fourth-order valence-electron chi connectivity index (χ4n) is 6.51. The molecule has 0 bridgehead atoms. The van der Waals surface area contributed by atoms with E-state index in [9.17, 15) is 0 Å². The number of benzene rings is 5. The summed E-state index contributed by atoms with van der Waals surface area (Å²) in [6.45, 7) is 12.6. The van der Waals surface area contributed by atoms with Gasteiger partial charge in [-0.15, -0.1) is 0 Å². The summed E-state index contributed by atoms with van der Waals surface area (Å²) < 4.78 is 0. The Morgan fingerprint density at radius 3 is 1.84 bits per heavy atom. The van der Waals surface area contributed by atoms with Crippen LogP contribution in [0.5, 0.6) is 0 Å². The van der Waals surface area contributed by atoms with Crippen LogP contribution in [-0.4, -0.2) is 15.0 Å². The van der Waals surface area contributed by atoms with Crippen molar-refractivity contribution in [1.82, 2.24) is 15.0 Å². The van der Waals surface area contributed by atoms with E-state index in [1.54, 1.807) is 6.08 Å². The van der Waals surface area contributed by atoms with E-state index >= 15 is 0 Å². The van der Waals surface area contributed by atoms with Crippen molar-refractivity contribution >= 4 is 5.57 Å². The Morgan fingerprint density at radius 1 is 0.556 bits per heavy atom. The molecule has 3 nitrogen and oxygen atoms in total. The summed E-state index contributed by atoms with van der Waals surface area (Å²) >= 11 is 0. The average molecular weight is 580 g/mol. The zero-order chi connectivity index (χ0) is 31.0. The van der Waals surface area contributed by atoms with Crippen LogP contribution in [0.25, 0.3) is 62.0 Å². The van der Waals surface area contributed by atoms with Gasteiger partial charge in [0.15, 0.2) is 17.5 Å². The normalized spacial score (nSPS) is 13.2. The molecular formula is C42H33N3. The standard InChI is InChI=1S/C42H33N3/c1-5-16-28(6-2)31-25-32(29-17-9-7-10-18-29)27-33(26-31)40-43-39(30-19-11-8-12-20-30)44-41(45-40)36-23-15-22-35-34-21-13-14-24-37(34)42(3,4)38(35)36/h5-27H,1-2H2,3-4H3/b28-16+. The first-order valence-corrected chi connectivity index (χ1v) is 15.2. The molecule has 0 atom stereocenters. The predicted molar refractivity (Wildman–Crippen MR) is 188 cm³/mol. The molecule has 7 rings (SSSR count). The summed E-state index contributed by atoms with van der Waals surface area (Å²) in [5, 5.41) is 0. The molecule has 5 aromatic carbocycles. The minimum absolute atomic E-state index is 0.211. The molecule has 6 aromatic rings. The third-order valence-electron chi connectivity index (χ3n) is 8.64. The number of aromatic nitrogens is 3. The molecule has 0 saturated heterocycles. The summed E-state index contributed by atoms with van der Waals surface area (Å²) in [6.07, 6.45) is 5.62. The van der Waals surface area contributed by atoms with Crippen LogP contribution in [-0.2, 0) is 5.41 Å². The molecule has 216 valence electrons. The van der Waals surface area contributed by atoms with Crippen molar-refractivity contribution in [2.24, 2.45) is 0 Å². The van der Waals surface area contributed by atoms with Gasteiger partial charge in [0.1, 0.15) is 0 Å². The Labute approximate surface area is 265 Å². The summed E-state index contributed by atoms with van der Waals surface area (Å²) in [4.78, 5) is 15.4. The second-order valence-corrected chi connectivity index (χ2v) is 11.8. The van der Waals surface area contributed by atoms with Gasteiger partial charge in [-0.1, -0.05) is 148 Å². The number of fused-ring (bicyclic) bond motifs is 3. The Kier molecular flexibility index (Phi) is 7.15. The molecule has 1 heterocycles. The fourth-order valence-corrected chi connectivity index (χ4v) is 6.51. The van der Waals surface area contributed by atoms with Gasteiger partial charge in [0.2, 0.25) is 0 Å². The number of rotatable bonds is 7. The topological polar surface area (TPSA) is 38.7 Å². The average Bonchev–Trinajstić information content (AvgIpc) is 3.34. The molecule has 1 aromatic heterocycles. The zero-order valence-electron chi connectivity index (χ0n) is 25.5. The zero-order valence-corrected chi connectivity index (χ0v) is 25.5. The predicted octanol–water partition coefficient (Wildman–Crippen LogP) is 10.6. The number of hydrogen-bond acceptors (Lipinski definition) is 3. The molecule has 1 aliphatic rings. The monoisotopic (exact) mass is 579 g/mol. The second-order valence-electron chi connectivity index (χ2n) is 11.8. The maximum Gasteiger partial charge on any atom is 0.164 e. The molecule has 0 fully saturated rings. The van der Waals surface area contributed by atoms with Crippen molar-refractivity contribution in [3.63, 3.8) is 0 Å². The molecule has 0 radical (unpaired) electrons. The van der Waals surface area contributed by atoms with E-state index in [0.717, 1.165) is 39.0 Å². The molecule has 3 heteroatoms. The third kappa shape index (κ3) is 5.03. The van der Waals surface area contributed by atoms with Crippen molar-refractivity contribution in [2.75, 3.05) is 0 Å². The maximum absolute atomic E-state index is 5.22. The minimum atomic E-state index is -0.211. The first-order valence-electron chi connectivity index (χ1n) is 15.2. The Hall–Kier alpha value is -5.67. The largest absolute Gasteiger partial charge is 0.208 e. The Bertz CT molecular complexity index is 2100. The lowest BCUT2D eigenvalue weighted by molar-refractivity contribution is 0.661. The summed E-state index contributed by atoms with van der Waals surface area (Å²) in [6, 6.07) is 42.2. The van der Waals surface area contributed by atoms with Gasteiger partial charge in [-0.2, -0.15) is 0 Å². The number of allylic oxidation sites excluding steroid dienone is 4. The van der Waals surface area contributed by atoms with Crippen molar-refractivity contribution in [3.05, 3.63) is 169 Å². The summed E-state index contributed by atoms with van der Waals surface area (Å²) in [7, 11) is 0. The van der Waals surface area contributed by atoms with E-state index in [2.05, 4.69) is 112 Å². The van der Waals surface area contributed by atoms with Crippen molar-refractivity contribution in [3.8, 4) is 56.4 Å². The van der Waals surface area contributed by atoms with Crippen LogP contribution in [0.15, 0.2) is 153 Å². The highest BCUT2D eigenvalue weighted by atomic mass is 15.0. The molecule has 0 unspecified atom stereocenters. The first-order chi connectivity index (χ1) is 22.0. The van der Waals surface area contributed by atoms with E-state index in [4.69, 9.17) is 15.0 Å². The second kappa shape index (κ2) is 11.4. The molecule has 45 heavy (non-hydrogen) atoms. The lowest BCUT2D eigenvalue weighted by Gasteiger charge is -2.24. The van der Waals surface area contributed by atoms with Gasteiger partial charge in [-0.05, 0) is 62.7 Å². The van der Waals surface area contributed by atoms with E-state index in [-0.39, 0.29) is 5.41 Å². The third-order valence-corrected chi connectivity index (χ3v) is 8.64. The van der Waals surface area contributed by atoms with Crippen molar-refractivity contribution in [2.45, 2.75) is 19.3 Å². The van der Waals surface area contributed by atoms with Gasteiger partial charge in [0, 0.05) is 22.1 Å². The lowest BCUT2D eigenvalue weighted by Crippen LogP contribution is -2.17.